The standard InChI is InChI=1S/C18H28N8/c1-16-13-17(22-18(21-16)25-5-3-2-4-6-25)24-10-7-23(8-11-24)9-12-26-15-19-14-20-26/h13-15H,2-12H2,1H3. The Balaban J connectivity index is 1.35. The predicted octanol–water partition coefficient (Wildman–Crippen LogP) is 1.19. The van der Waals surface area contributed by atoms with Crippen LogP contribution in [0, 0.1) is 6.92 Å². The van der Waals surface area contributed by atoms with E-state index >= 15 is 0 Å². The molecule has 2 aromatic rings. The average molecular weight is 356 g/mol. The molecule has 4 heterocycles. The van der Waals surface area contributed by atoms with Gasteiger partial charge >= 0.3 is 0 Å². The summed E-state index contributed by atoms with van der Waals surface area (Å²) < 4.78 is 1.89. The molecule has 8 heteroatoms. The Labute approximate surface area is 154 Å². The highest BCUT2D eigenvalue weighted by atomic mass is 15.3. The van der Waals surface area contributed by atoms with Gasteiger partial charge in [0.25, 0.3) is 0 Å². The van der Waals surface area contributed by atoms with E-state index in [1.807, 2.05) is 4.68 Å². The topological polar surface area (TPSA) is 66.2 Å². The van der Waals surface area contributed by atoms with Gasteiger partial charge in [-0.2, -0.15) is 10.1 Å². The highest BCUT2D eigenvalue weighted by Crippen LogP contribution is 2.21. The first-order valence-electron chi connectivity index (χ1n) is 9.68. The molecule has 2 saturated heterocycles. The van der Waals surface area contributed by atoms with Gasteiger partial charge in [0, 0.05) is 57.6 Å². The summed E-state index contributed by atoms with van der Waals surface area (Å²) >= 11 is 0. The zero-order chi connectivity index (χ0) is 17.8. The van der Waals surface area contributed by atoms with Gasteiger partial charge in [-0.25, -0.2) is 9.97 Å². The smallest absolute Gasteiger partial charge is 0.227 e. The van der Waals surface area contributed by atoms with Crippen molar-refractivity contribution < 1.29 is 0 Å². The zero-order valence-electron chi connectivity index (χ0n) is 15.6. The first-order chi connectivity index (χ1) is 12.8. The molecule has 0 aromatic carbocycles. The summed E-state index contributed by atoms with van der Waals surface area (Å²) in [4.78, 5) is 20.8. The zero-order valence-corrected chi connectivity index (χ0v) is 15.6. The van der Waals surface area contributed by atoms with Crippen LogP contribution in [0.2, 0.25) is 0 Å². The number of hydrogen-bond acceptors (Lipinski definition) is 7. The largest absolute Gasteiger partial charge is 0.354 e. The van der Waals surface area contributed by atoms with Crippen LogP contribution in [0.25, 0.3) is 0 Å². The number of piperazine rings is 1. The molecule has 0 spiro atoms. The number of anilines is 2. The van der Waals surface area contributed by atoms with Crippen molar-refractivity contribution in [3.05, 3.63) is 24.4 Å². The minimum absolute atomic E-state index is 0.895. The summed E-state index contributed by atoms with van der Waals surface area (Å²) in [6.45, 7) is 10.3. The Morgan fingerprint density at radius 3 is 2.42 bits per heavy atom. The molecule has 2 aliphatic heterocycles. The number of nitrogens with zero attached hydrogens (tertiary/aromatic N) is 8. The fraction of sp³-hybridized carbons (Fsp3) is 0.667. The number of aryl methyl sites for hydroxylation is 1. The van der Waals surface area contributed by atoms with E-state index in [9.17, 15) is 0 Å². The van der Waals surface area contributed by atoms with Crippen molar-refractivity contribution in [3.63, 3.8) is 0 Å². The average Bonchev–Trinajstić information content (AvgIpc) is 3.21. The van der Waals surface area contributed by atoms with Crippen LogP contribution in [0.4, 0.5) is 11.8 Å². The second-order valence-corrected chi connectivity index (χ2v) is 7.20. The molecule has 8 nitrogen and oxygen atoms in total. The van der Waals surface area contributed by atoms with Crippen molar-refractivity contribution in [2.75, 3.05) is 55.6 Å². The van der Waals surface area contributed by atoms with E-state index in [-0.39, 0.29) is 0 Å². The van der Waals surface area contributed by atoms with Crippen LogP contribution < -0.4 is 9.80 Å². The second-order valence-electron chi connectivity index (χ2n) is 7.20. The molecule has 2 aliphatic rings. The molecular weight excluding hydrogens is 328 g/mol. The van der Waals surface area contributed by atoms with Crippen molar-refractivity contribution in [2.24, 2.45) is 0 Å². The van der Waals surface area contributed by atoms with E-state index in [1.165, 1.54) is 19.3 Å². The molecule has 0 unspecified atom stereocenters. The molecule has 4 rings (SSSR count). The summed E-state index contributed by atoms with van der Waals surface area (Å²) in [5, 5.41) is 4.17. The molecule has 0 aliphatic carbocycles. The SMILES string of the molecule is Cc1cc(N2CCN(CCn3cncn3)CC2)nc(N2CCCCC2)n1. The maximum Gasteiger partial charge on any atom is 0.227 e. The van der Waals surface area contributed by atoms with E-state index < -0.39 is 0 Å². The molecule has 0 radical (unpaired) electrons. The Bertz CT molecular complexity index is 687. The van der Waals surface area contributed by atoms with Crippen LogP contribution in [0.15, 0.2) is 18.7 Å². The minimum atomic E-state index is 0.895. The van der Waals surface area contributed by atoms with Crippen LogP contribution in [-0.2, 0) is 6.54 Å². The second kappa shape index (κ2) is 7.99. The van der Waals surface area contributed by atoms with Gasteiger partial charge in [0.05, 0.1) is 6.54 Å². The first-order valence-corrected chi connectivity index (χ1v) is 9.68. The van der Waals surface area contributed by atoms with Crippen molar-refractivity contribution >= 4 is 11.8 Å². The quantitative estimate of drug-likeness (QED) is 0.797. The van der Waals surface area contributed by atoms with Crippen molar-refractivity contribution in [1.29, 1.82) is 0 Å². The molecule has 0 saturated carbocycles. The Morgan fingerprint density at radius 2 is 1.69 bits per heavy atom. The van der Waals surface area contributed by atoms with E-state index in [2.05, 4.69) is 42.8 Å². The van der Waals surface area contributed by atoms with E-state index in [1.54, 1.807) is 12.7 Å². The van der Waals surface area contributed by atoms with Crippen LogP contribution >= 0.6 is 0 Å². The molecule has 0 bridgehead atoms. The Hall–Kier alpha value is -2.22. The first kappa shape index (κ1) is 17.2. The fourth-order valence-corrected chi connectivity index (χ4v) is 3.73. The normalized spacial score (nSPS) is 19.1. The van der Waals surface area contributed by atoms with Crippen molar-refractivity contribution in [1.82, 2.24) is 29.6 Å². The van der Waals surface area contributed by atoms with Crippen LogP contribution in [0.5, 0.6) is 0 Å². The van der Waals surface area contributed by atoms with Crippen molar-refractivity contribution in [2.45, 2.75) is 32.7 Å². The molecule has 0 amide bonds. The van der Waals surface area contributed by atoms with Crippen LogP contribution in [0.3, 0.4) is 0 Å². The highest BCUT2D eigenvalue weighted by Gasteiger charge is 2.20. The van der Waals surface area contributed by atoms with Crippen LogP contribution in [0.1, 0.15) is 25.0 Å². The van der Waals surface area contributed by atoms with Gasteiger partial charge in [-0.15, -0.1) is 0 Å². The van der Waals surface area contributed by atoms with Crippen LogP contribution in [-0.4, -0.2) is 75.4 Å². The Morgan fingerprint density at radius 1 is 0.885 bits per heavy atom. The lowest BCUT2D eigenvalue weighted by Crippen LogP contribution is -2.47. The fourth-order valence-electron chi connectivity index (χ4n) is 3.73. The summed E-state index contributed by atoms with van der Waals surface area (Å²) in [6.07, 6.45) is 7.19. The summed E-state index contributed by atoms with van der Waals surface area (Å²) in [5.41, 5.74) is 1.06. The van der Waals surface area contributed by atoms with Gasteiger partial charge in [-0.05, 0) is 26.2 Å². The summed E-state index contributed by atoms with van der Waals surface area (Å²) in [5.74, 6) is 1.99. The number of piperidine rings is 1. The number of rotatable bonds is 5. The van der Waals surface area contributed by atoms with Gasteiger partial charge in [0.1, 0.15) is 18.5 Å². The maximum absolute atomic E-state index is 4.89. The van der Waals surface area contributed by atoms with E-state index in [0.29, 0.717) is 0 Å². The monoisotopic (exact) mass is 356 g/mol. The lowest BCUT2D eigenvalue weighted by atomic mass is 10.1. The van der Waals surface area contributed by atoms with Gasteiger partial charge < -0.3 is 9.80 Å². The lowest BCUT2D eigenvalue weighted by Gasteiger charge is -2.36. The summed E-state index contributed by atoms with van der Waals surface area (Å²) in [6, 6.07) is 2.12. The lowest BCUT2D eigenvalue weighted by molar-refractivity contribution is 0.244. The summed E-state index contributed by atoms with van der Waals surface area (Å²) in [7, 11) is 0. The third-order valence-corrected chi connectivity index (χ3v) is 5.28. The molecule has 0 atom stereocenters. The molecule has 26 heavy (non-hydrogen) atoms. The van der Waals surface area contributed by atoms with Gasteiger partial charge in [-0.3, -0.25) is 9.58 Å². The minimum Gasteiger partial charge on any atom is -0.354 e. The number of aromatic nitrogens is 5. The van der Waals surface area contributed by atoms with Gasteiger partial charge in [0.2, 0.25) is 5.95 Å². The van der Waals surface area contributed by atoms with E-state index in [4.69, 9.17) is 4.98 Å². The third-order valence-electron chi connectivity index (χ3n) is 5.28. The predicted molar refractivity (Wildman–Crippen MR) is 102 cm³/mol. The third kappa shape index (κ3) is 4.12. The molecule has 140 valence electrons. The molecular formula is C18H28N8. The Kier molecular flexibility index (Phi) is 5.29. The number of hydrogen-bond donors (Lipinski definition) is 0. The van der Waals surface area contributed by atoms with Gasteiger partial charge in [-0.1, -0.05) is 0 Å². The molecule has 2 fully saturated rings. The molecule has 0 N–H and O–H groups in total. The van der Waals surface area contributed by atoms with E-state index in [0.717, 1.165) is 69.8 Å². The van der Waals surface area contributed by atoms with Gasteiger partial charge in [0.15, 0.2) is 0 Å². The molecule has 2 aromatic heterocycles. The maximum atomic E-state index is 4.89. The highest BCUT2D eigenvalue weighted by molar-refractivity contribution is 5.46. The van der Waals surface area contributed by atoms with Crippen molar-refractivity contribution in [3.8, 4) is 0 Å².